The Bertz CT molecular complexity index is 1250. The second-order valence-corrected chi connectivity index (χ2v) is 9.39. The van der Waals surface area contributed by atoms with Crippen molar-refractivity contribution in [3.63, 3.8) is 0 Å². The predicted octanol–water partition coefficient (Wildman–Crippen LogP) is 4.43. The van der Waals surface area contributed by atoms with E-state index in [1.807, 2.05) is 49.7 Å². The number of methoxy groups -OCH3 is 1. The maximum absolute atomic E-state index is 13.6. The number of carbonyl (C=O) groups excluding carboxylic acids is 1. The van der Waals surface area contributed by atoms with Crippen molar-refractivity contribution in [2.75, 3.05) is 13.7 Å². The number of amides is 1. The zero-order valence-corrected chi connectivity index (χ0v) is 20.5. The Balaban J connectivity index is 1.70. The van der Waals surface area contributed by atoms with Crippen molar-refractivity contribution in [3.05, 3.63) is 83.4 Å². The van der Waals surface area contributed by atoms with E-state index in [1.54, 1.807) is 43.5 Å². The second-order valence-electron chi connectivity index (χ2n) is 9.39. The number of hydrogen-bond donors (Lipinski definition) is 1. The molecule has 1 aliphatic rings. The van der Waals surface area contributed by atoms with Crippen molar-refractivity contribution in [2.24, 2.45) is 0 Å². The largest absolute Gasteiger partial charge is 0.495 e. The molecule has 0 saturated carbocycles. The number of aliphatic hydroxyl groups is 1. The van der Waals surface area contributed by atoms with Gasteiger partial charge in [0.15, 0.2) is 5.76 Å². The van der Waals surface area contributed by atoms with Gasteiger partial charge in [-0.15, -0.1) is 0 Å². The third-order valence-corrected chi connectivity index (χ3v) is 5.90. The van der Waals surface area contributed by atoms with Crippen LogP contribution in [-0.4, -0.2) is 50.8 Å². The molecule has 1 fully saturated rings. The maximum atomic E-state index is 13.6. The van der Waals surface area contributed by atoms with E-state index in [-0.39, 0.29) is 24.0 Å². The highest BCUT2D eigenvalue weighted by Crippen LogP contribution is 2.35. The fraction of sp³-hybridized carbons (Fsp3) is 0.333. The van der Waals surface area contributed by atoms with E-state index in [2.05, 4.69) is 4.98 Å². The van der Waals surface area contributed by atoms with Gasteiger partial charge in [0.1, 0.15) is 17.2 Å². The van der Waals surface area contributed by atoms with E-state index in [1.165, 1.54) is 12.1 Å². The van der Waals surface area contributed by atoms with Gasteiger partial charge in [-0.1, -0.05) is 18.2 Å². The first-order valence-electron chi connectivity index (χ1n) is 11.4. The second kappa shape index (κ2) is 9.54. The Morgan fingerprint density at radius 1 is 1.23 bits per heavy atom. The van der Waals surface area contributed by atoms with E-state index in [0.29, 0.717) is 11.3 Å². The summed E-state index contributed by atoms with van der Waals surface area (Å²) in [5.41, 5.74) is 2.37. The summed E-state index contributed by atoms with van der Waals surface area (Å²) in [6, 6.07) is 10.8. The predicted molar refractivity (Wildman–Crippen MR) is 131 cm³/mol. The van der Waals surface area contributed by atoms with Gasteiger partial charge in [0.05, 0.1) is 43.5 Å². The van der Waals surface area contributed by atoms with Crippen LogP contribution in [0.1, 0.15) is 43.6 Å². The van der Waals surface area contributed by atoms with Crippen LogP contribution in [0.4, 0.5) is 4.39 Å². The number of carbonyl (C=O) groups is 1. The van der Waals surface area contributed by atoms with Crippen LogP contribution in [-0.2, 0) is 9.53 Å². The number of ether oxygens (including phenoxy) is 2. The van der Waals surface area contributed by atoms with Crippen molar-refractivity contribution < 1.29 is 23.8 Å². The average molecular weight is 480 g/mol. The molecular weight excluding hydrogens is 449 g/mol. The number of hydrogen-bond acceptors (Lipinski definition) is 5. The van der Waals surface area contributed by atoms with E-state index < -0.39 is 17.7 Å². The first-order chi connectivity index (χ1) is 16.6. The SMILES string of the molecule is COc1cc(C=C2OC(C)(C)CN([C@H](c3ccc(F)cc3)[C@@H](C)O)C2=O)ccc1-n1cnc(C)c1. The summed E-state index contributed by atoms with van der Waals surface area (Å²) in [4.78, 5) is 19.4. The zero-order valence-electron chi connectivity index (χ0n) is 20.5. The minimum atomic E-state index is -0.877. The molecule has 0 unspecified atom stereocenters. The van der Waals surface area contributed by atoms with Crippen LogP contribution in [0.5, 0.6) is 5.75 Å². The smallest absolute Gasteiger partial charge is 0.289 e. The Morgan fingerprint density at radius 2 is 1.94 bits per heavy atom. The highest BCUT2D eigenvalue weighted by atomic mass is 19.1. The van der Waals surface area contributed by atoms with E-state index >= 15 is 0 Å². The normalized spacial score (nSPS) is 18.3. The van der Waals surface area contributed by atoms with Gasteiger partial charge in [0, 0.05) is 6.20 Å². The maximum Gasteiger partial charge on any atom is 0.289 e. The van der Waals surface area contributed by atoms with Crippen LogP contribution < -0.4 is 4.74 Å². The minimum absolute atomic E-state index is 0.155. The lowest BCUT2D eigenvalue weighted by atomic mass is 9.96. The number of benzene rings is 2. The molecule has 3 aromatic rings. The average Bonchev–Trinajstić information content (AvgIpc) is 3.23. The summed E-state index contributed by atoms with van der Waals surface area (Å²) in [7, 11) is 1.59. The number of morpholine rings is 1. The number of aliphatic hydroxyl groups excluding tert-OH is 1. The molecule has 184 valence electrons. The van der Waals surface area contributed by atoms with Crippen molar-refractivity contribution in [1.29, 1.82) is 0 Å². The third kappa shape index (κ3) is 5.22. The Morgan fingerprint density at radius 3 is 2.54 bits per heavy atom. The monoisotopic (exact) mass is 479 g/mol. The molecule has 1 amide bonds. The molecule has 0 aliphatic carbocycles. The first-order valence-corrected chi connectivity index (χ1v) is 11.4. The van der Waals surface area contributed by atoms with Crippen molar-refractivity contribution in [3.8, 4) is 11.4 Å². The standard InChI is InChI=1S/C27H30FN3O4/c1-17-14-30(16-29-17)22-11-6-19(12-23(22)34-5)13-24-26(33)31(15-27(3,4)35-24)25(18(2)32)20-7-9-21(28)10-8-20/h6-14,16,18,25,32H,15H2,1-5H3/t18-,25+/m1/s1. The molecule has 1 N–H and O–H groups in total. The molecule has 1 saturated heterocycles. The molecular formula is C27H30FN3O4. The Kier molecular flexibility index (Phi) is 6.67. The number of aryl methyl sites for hydroxylation is 1. The molecule has 35 heavy (non-hydrogen) atoms. The minimum Gasteiger partial charge on any atom is -0.495 e. The molecule has 0 bridgehead atoms. The lowest BCUT2D eigenvalue weighted by molar-refractivity contribution is -0.153. The number of rotatable bonds is 6. The first kappa shape index (κ1) is 24.5. The van der Waals surface area contributed by atoms with Gasteiger partial charge in [-0.2, -0.15) is 0 Å². The molecule has 0 spiro atoms. The summed E-state index contributed by atoms with van der Waals surface area (Å²) >= 11 is 0. The van der Waals surface area contributed by atoms with E-state index in [9.17, 15) is 14.3 Å². The summed E-state index contributed by atoms with van der Waals surface area (Å²) in [6.07, 6.45) is 4.41. The van der Waals surface area contributed by atoms with Crippen LogP contribution >= 0.6 is 0 Å². The van der Waals surface area contributed by atoms with Crippen LogP contribution in [0.25, 0.3) is 11.8 Å². The molecule has 7 nitrogen and oxygen atoms in total. The van der Waals surface area contributed by atoms with Crippen LogP contribution in [0.2, 0.25) is 0 Å². The summed E-state index contributed by atoms with van der Waals surface area (Å²) in [5, 5.41) is 10.6. The highest BCUT2D eigenvalue weighted by molar-refractivity contribution is 5.97. The molecule has 1 aliphatic heterocycles. The summed E-state index contributed by atoms with van der Waals surface area (Å²) < 4.78 is 27.0. The third-order valence-electron chi connectivity index (χ3n) is 5.90. The Labute approximate surface area is 204 Å². The fourth-order valence-corrected chi connectivity index (χ4v) is 4.39. The van der Waals surface area contributed by atoms with Gasteiger partial charge >= 0.3 is 0 Å². The van der Waals surface area contributed by atoms with Gasteiger partial charge in [0.2, 0.25) is 0 Å². The van der Waals surface area contributed by atoms with Crippen LogP contribution in [0.3, 0.4) is 0 Å². The van der Waals surface area contributed by atoms with Gasteiger partial charge in [0.25, 0.3) is 5.91 Å². The highest BCUT2D eigenvalue weighted by Gasteiger charge is 2.41. The Hall–Kier alpha value is -3.65. The van der Waals surface area contributed by atoms with Gasteiger partial charge in [-0.25, -0.2) is 9.37 Å². The van der Waals surface area contributed by atoms with E-state index in [0.717, 1.165) is 16.9 Å². The lowest BCUT2D eigenvalue weighted by Gasteiger charge is -2.44. The number of aromatic nitrogens is 2. The number of nitrogens with zero attached hydrogens (tertiary/aromatic N) is 3. The molecule has 2 heterocycles. The molecule has 2 aromatic carbocycles. The molecule has 2 atom stereocenters. The van der Waals surface area contributed by atoms with Crippen LogP contribution in [0, 0.1) is 12.7 Å². The topological polar surface area (TPSA) is 76.8 Å². The quantitative estimate of drug-likeness (QED) is 0.530. The lowest BCUT2D eigenvalue weighted by Crippen LogP contribution is -2.53. The van der Waals surface area contributed by atoms with Crippen molar-refractivity contribution in [2.45, 2.75) is 45.4 Å². The van der Waals surface area contributed by atoms with Gasteiger partial charge in [-0.3, -0.25) is 4.79 Å². The molecule has 4 rings (SSSR count). The number of imidazole rings is 1. The van der Waals surface area contributed by atoms with E-state index in [4.69, 9.17) is 9.47 Å². The van der Waals surface area contributed by atoms with Crippen LogP contribution in [0.15, 0.2) is 60.7 Å². The summed E-state index contributed by atoms with van der Waals surface area (Å²) in [6.45, 7) is 7.56. The van der Waals surface area contributed by atoms with Crippen molar-refractivity contribution >= 4 is 12.0 Å². The van der Waals surface area contributed by atoms with Gasteiger partial charge in [-0.05, 0) is 69.2 Å². The number of halogens is 1. The molecule has 0 radical (unpaired) electrons. The zero-order chi connectivity index (χ0) is 25.3. The fourth-order valence-electron chi connectivity index (χ4n) is 4.39. The molecule has 8 heteroatoms. The van der Waals surface area contributed by atoms with Crippen molar-refractivity contribution in [1.82, 2.24) is 14.5 Å². The molecule has 1 aromatic heterocycles. The summed E-state index contributed by atoms with van der Waals surface area (Å²) in [5.74, 6) is 0.0370. The van der Waals surface area contributed by atoms with Gasteiger partial charge < -0.3 is 24.0 Å².